The monoisotopic (exact) mass is 758 g/mol. The van der Waals surface area contributed by atoms with Gasteiger partial charge in [-0.2, -0.15) is 13.5 Å². The predicted molar refractivity (Wildman–Crippen MR) is 177 cm³/mol. The molecular formula is C33H34Cl2F2N2O10S. The molecule has 0 amide bonds. The number of pyridine rings is 1. The Morgan fingerprint density at radius 2 is 1.56 bits per heavy atom. The van der Waals surface area contributed by atoms with E-state index in [1.807, 2.05) is 0 Å². The van der Waals surface area contributed by atoms with Crippen LogP contribution in [0.15, 0.2) is 48.8 Å². The zero-order chi connectivity index (χ0) is 36.2. The smallest absolute Gasteiger partial charge is 0.387 e. The van der Waals surface area contributed by atoms with E-state index in [-0.39, 0.29) is 68.6 Å². The van der Waals surface area contributed by atoms with Crippen molar-refractivity contribution in [1.82, 2.24) is 0 Å². The van der Waals surface area contributed by atoms with Crippen molar-refractivity contribution in [3.8, 4) is 17.2 Å². The van der Waals surface area contributed by atoms with Crippen molar-refractivity contribution in [2.75, 3.05) is 24.2 Å². The summed E-state index contributed by atoms with van der Waals surface area (Å²) in [6.07, 6.45) is 4.10. The largest absolute Gasteiger partial charge is 0.619 e. The summed E-state index contributed by atoms with van der Waals surface area (Å²) in [6, 6.07) is 8.01. The first-order valence-electron chi connectivity index (χ1n) is 15.6. The van der Waals surface area contributed by atoms with Crippen LogP contribution >= 0.6 is 23.2 Å². The minimum Gasteiger partial charge on any atom is -0.619 e. The fourth-order valence-corrected chi connectivity index (χ4v) is 5.89. The lowest BCUT2D eigenvalue weighted by Gasteiger charge is -2.23. The average molecular weight is 760 g/mol. The Morgan fingerprint density at radius 3 is 2.14 bits per heavy atom. The van der Waals surface area contributed by atoms with Crippen molar-refractivity contribution in [3.05, 3.63) is 80.7 Å². The molecule has 12 nitrogen and oxygen atoms in total. The van der Waals surface area contributed by atoms with Gasteiger partial charge in [-0.3, -0.25) is 4.72 Å². The number of benzene rings is 2. The fourth-order valence-electron chi connectivity index (χ4n) is 4.72. The molecule has 0 radical (unpaired) electrons. The van der Waals surface area contributed by atoms with E-state index in [1.54, 1.807) is 0 Å². The first-order valence-corrected chi connectivity index (χ1v) is 18.2. The number of nitrogens with zero attached hydrogens (tertiary/aromatic N) is 1. The van der Waals surface area contributed by atoms with Crippen LogP contribution < -0.4 is 23.7 Å². The van der Waals surface area contributed by atoms with Gasteiger partial charge in [0.1, 0.15) is 21.9 Å². The predicted octanol–water partition coefficient (Wildman–Crippen LogP) is 6.25. The molecule has 2 aromatic carbocycles. The van der Waals surface area contributed by atoms with E-state index in [0.717, 1.165) is 44.3 Å². The highest BCUT2D eigenvalue weighted by Crippen LogP contribution is 2.38. The number of carbonyl (C=O) groups is 2. The van der Waals surface area contributed by atoms with E-state index in [1.165, 1.54) is 43.3 Å². The van der Waals surface area contributed by atoms with E-state index in [2.05, 4.69) is 9.46 Å². The molecule has 1 aromatic heterocycles. The lowest BCUT2D eigenvalue weighted by molar-refractivity contribution is -0.605. The Morgan fingerprint density at radius 1 is 0.940 bits per heavy atom. The Kier molecular flexibility index (Phi) is 11.8. The topological polar surface area (TPSA) is 153 Å². The summed E-state index contributed by atoms with van der Waals surface area (Å²) in [5, 5.41) is 11.8. The SMILES string of the molecule is C[C@H](OC(=O)c1ccc(NS(C)(=O)=O)c(OCC2CC2)c1)C(=O)O[C@@H](Cc1c(Cl)c[n+]([O-])cc1Cl)c1ccc(OC(F)F)c(OCC2CC2)c1. The molecular weight excluding hydrogens is 725 g/mol. The summed E-state index contributed by atoms with van der Waals surface area (Å²) in [5.74, 6) is -1.43. The molecule has 2 atom stereocenters. The normalized spacial score (nSPS) is 15.6. The molecule has 270 valence electrons. The summed E-state index contributed by atoms with van der Waals surface area (Å²) in [4.78, 5) is 26.6. The lowest BCUT2D eigenvalue weighted by atomic mass is 10.0. The molecule has 2 aliphatic carbocycles. The highest BCUT2D eigenvalue weighted by molar-refractivity contribution is 7.92. The van der Waals surface area contributed by atoms with E-state index < -0.39 is 40.8 Å². The summed E-state index contributed by atoms with van der Waals surface area (Å²) in [5.41, 5.74) is 0.637. The quantitative estimate of drug-likeness (QED) is 0.0950. The van der Waals surface area contributed by atoms with Gasteiger partial charge in [-0.1, -0.05) is 29.3 Å². The zero-order valence-electron chi connectivity index (χ0n) is 26.9. The fraction of sp³-hybridized carbons (Fsp3) is 0.424. The van der Waals surface area contributed by atoms with E-state index in [4.69, 9.17) is 42.1 Å². The number of esters is 2. The van der Waals surface area contributed by atoms with Crippen molar-refractivity contribution in [2.24, 2.45) is 11.8 Å². The maximum atomic E-state index is 13.4. The molecule has 17 heteroatoms. The van der Waals surface area contributed by atoms with Crippen LogP contribution in [-0.2, 0) is 30.7 Å². The van der Waals surface area contributed by atoms with Crippen LogP contribution in [0.3, 0.4) is 0 Å². The van der Waals surface area contributed by atoms with Gasteiger partial charge in [0, 0.05) is 12.0 Å². The second kappa shape index (κ2) is 15.9. The Hall–Kier alpha value is -4.08. The molecule has 1 heterocycles. The van der Waals surface area contributed by atoms with Crippen molar-refractivity contribution in [2.45, 2.75) is 57.8 Å². The van der Waals surface area contributed by atoms with Crippen LogP contribution in [0.1, 0.15) is 60.2 Å². The molecule has 0 bridgehead atoms. The van der Waals surface area contributed by atoms with Crippen molar-refractivity contribution < 1.29 is 55.2 Å². The zero-order valence-corrected chi connectivity index (χ0v) is 29.2. The Labute approximate surface area is 297 Å². The number of aromatic nitrogens is 1. The molecule has 2 aliphatic rings. The van der Waals surface area contributed by atoms with Gasteiger partial charge in [0.25, 0.3) is 0 Å². The Balaban J connectivity index is 1.37. The van der Waals surface area contributed by atoms with Crippen molar-refractivity contribution >= 4 is 50.9 Å². The lowest BCUT2D eigenvalue weighted by Crippen LogP contribution is -2.29. The molecule has 0 unspecified atom stereocenters. The number of rotatable bonds is 17. The highest BCUT2D eigenvalue weighted by atomic mass is 35.5. The summed E-state index contributed by atoms with van der Waals surface area (Å²) in [7, 11) is -3.65. The highest BCUT2D eigenvalue weighted by Gasteiger charge is 2.30. The van der Waals surface area contributed by atoms with Gasteiger partial charge in [0.2, 0.25) is 10.0 Å². The summed E-state index contributed by atoms with van der Waals surface area (Å²) in [6.45, 7) is -1.25. The van der Waals surface area contributed by atoms with E-state index in [9.17, 15) is 32.0 Å². The minimum absolute atomic E-state index is 0.00796. The maximum Gasteiger partial charge on any atom is 0.387 e. The molecule has 1 N–H and O–H groups in total. The van der Waals surface area contributed by atoms with Crippen LogP contribution in [0.4, 0.5) is 14.5 Å². The number of alkyl halides is 2. The maximum absolute atomic E-state index is 13.4. The van der Waals surface area contributed by atoms with Crippen LogP contribution in [0.2, 0.25) is 10.0 Å². The third-order valence-electron chi connectivity index (χ3n) is 7.73. The first kappa shape index (κ1) is 37.2. The standard InChI is InChI=1S/C33H34Cl2F2N2O10S/c1-18(47-32(41)22-7-9-26(38-50(2,43)44)29(12-22)45-16-19-3-4-19)31(40)48-28(13-23-24(34)14-39(42)15-25(23)35)21-8-10-27(49-33(36)37)30(11-21)46-17-20-5-6-20/h7-12,14-15,18-20,28,33,38H,3-6,13,16-17H2,1-2H3/t18-,28-/m0/s1. The van der Waals surface area contributed by atoms with Crippen molar-refractivity contribution in [3.63, 3.8) is 0 Å². The second-order valence-corrected chi connectivity index (χ2v) is 14.7. The first-order chi connectivity index (χ1) is 23.6. The number of hydrogen-bond acceptors (Lipinski definition) is 10. The Bertz CT molecular complexity index is 1820. The molecule has 50 heavy (non-hydrogen) atoms. The van der Waals surface area contributed by atoms with Crippen LogP contribution in [0.25, 0.3) is 0 Å². The third-order valence-corrected chi connectivity index (χ3v) is 8.97. The van der Waals surface area contributed by atoms with Gasteiger partial charge in [-0.25, -0.2) is 18.0 Å². The molecule has 0 aliphatic heterocycles. The molecule has 0 spiro atoms. The molecule has 2 fully saturated rings. The van der Waals surface area contributed by atoms with Gasteiger partial charge in [0.05, 0.1) is 30.7 Å². The second-order valence-electron chi connectivity index (χ2n) is 12.1. The van der Waals surface area contributed by atoms with Gasteiger partial charge in [-0.15, -0.1) is 0 Å². The minimum atomic E-state index is -3.65. The number of hydrogen-bond donors (Lipinski definition) is 1. The number of sulfonamides is 1. The van der Waals surface area contributed by atoms with Crippen LogP contribution in [0.5, 0.6) is 17.2 Å². The molecule has 3 aromatic rings. The molecule has 5 rings (SSSR count). The van der Waals surface area contributed by atoms with E-state index in [0.29, 0.717) is 17.3 Å². The number of ether oxygens (including phenoxy) is 5. The van der Waals surface area contributed by atoms with Gasteiger partial charge in [0.15, 0.2) is 30.0 Å². The third kappa shape index (κ3) is 10.7. The van der Waals surface area contributed by atoms with Gasteiger partial charge >= 0.3 is 18.6 Å². The van der Waals surface area contributed by atoms with E-state index >= 15 is 0 Å². The van der Waals surface area contributed by atoms with Crippen LogP contribution in [-0.4, -0.2) is 52.5 Å². The summed E-state index contributed by atoms with van der Waals surface area (Å²) < 4.78 is 80.2. The number of carbonyl (C=O) groups excluding carboxylic acids is 2. The summed E-state index contributed by atoms with van der Waals surface area (Å²) >= 11 is 12.6. The van der Waals surface area contributed by atoms with Gasteiger partial charge < -0.3 is 28.9 Å². The average Bonchev–Trinajstić information content (AvgIpc) is 3.96. The number of halogens is 4. The number of nitrogens with one attached hydrogen (secondary N) is 1. The number of anilines is 1. The van der Waals surface area contributed by atoms with Gasteiger partial charge in [-0.05, 0) is 80.3 Å². The van der Waals surface area contributed by atoms with Crippen molar-refractivity contribution in [1.29, 1.82) is 0 Å². The molecule has 0 saturated heterocycles. The van der Waals surface area contributed by atoms with Crippen LogP contribution in [0, 0.1) is 17.0 Å². The molecule has 2 saturated carbocycles.